The van der Waals surface area contributed by atoms with E-state index in [-0.39, 0.29) is 11.7 Å². The van der Waals surface area contributed by atoms with Gasteiger partial charge in [-0.15, -0.1) is 0 Å². The summed E-state index contributed by atoms with van der Waals surface area (Å²) in [5, 5.41) is 11.9. The maximum atomic E-state index is 12.7. The SMILES string of the molecule is CCC(C)(C(=O)N(CC(C)C)CC(C)C)C(N)=NO. The number of amidine groups is 1. The lowest BCUT2D eigenvalue weighted by molar-refractivity contribution is -0.139. The molecular formula is C14H29N3O2. The molecule has 5 heteroatoms. The minimum atomic E-state index is -0.932. The van der Waals surface area contributed by atoms with Crippen molar-refractivity contribution in [2.75, 3.05) is 13.1 Å². The normalized spacial score (nSPS) is 15.7. The first kappa shape index (κ1) is 17.7. The Morgan fingerprint density at radius 2 is 1.68 bits per heavy atom. The molecule has 1 amide bonds. The summed E-state index contributed by atoms with van der Waals surface area (Å²) in [6.45, 7) is 13.3. The Balaban J connectivity index is 5.25. The van der Waals surface area contributed by atoms with Gasteiger partial charge in [0, 0.05) is 13.1 Å². The summed E-state index contributed by atoms with van der Waals surface area (Å²) < 4.78 is 0. The van der Waals surface area contributed by atoms with Crippen molar-refractivity contribution >= 4 is 11.7 Å². The molecular weight excluding hydrogens is 242 g/mol. The van der Waals surface area contributed by atoms with Gasteiger partial charge in [0.1, 0.15) is 5.41 Å². The van der Waals surface area contributed by atoms with E-state index in [2.05, 4.69) is 32.9 Å². The van der Waals surface area contributed by atoms with Crippen LogP contribution in [0, 0.1) is 17.3 Å². The van der Waals surface area contributed by atoms with E-state index >= 15 is 0 Å². The number of hydrogen-bond donors (Lipinski definition) is 2. The van der Waals surface area contributed by atoms with Crippen molar-refractivity contribution < 1.29 is 10.0 Å². The van der Waals surface area contributed by atoms with E-state index in [1.165, 1.54) is 0 Å². The minimum Gasteiger partial charge on any atom is -0.409 e. The molecule has 112 valence electrons. The molecule has 19 heavy (non-hydrogen) atoms. The maximum absolute atomic E-state index is 12.7. The fraction of sp³-hybridized carbons (Fsp3) is 0.857. The Kier molecular flexibility index (Phi) is 6.87. The van der Waals surface area contributed by atoms with E-state index in [0.717, 1.165) is 0 Å². The highest BCUT2D eigenvalue weighted by molar-refractivity contribution is 6.06. The van der Waals surface area contributed by atoms with E-state index in [0.29, 0.717) is 31.3 Å². The van der Waals surface area contributed by atoms with Crippen LogP contribution in [-0.4, -0.2) is 34.9 Å². The summed E-state index contributed by atoms with van der Waals surface area (Å²) in [7, 11) is 0. The average Bonchev–Trinajstić information content (AvgIpc) is 2.33. The molecule has 1 atom stereocenters. The third kappa shape index (κ3) is 4.73. The van der Waals surface area contributed by atoms with Crippen LogP contribution < -0.4 is 5.73 Å². The van der Waals surface area contributed by atoms with Crippen LogP contribution in [0.2, 0.25) is 0 Å². The molecule has 0 aliphatic carbocycles. The first-order chi connectivity index (χ1) is 8.68. The van der Waals surface area contributed by atoms with Crippen LogP contribution in [0.25, 0.3) is 0 Å². The van der Waals surface area contributed by atoms with Gasteiger partial charge in [-0.2, -0.15) is 0 Å². The molecule has 0 aliphatic rings. The van der Waals surface area contributed by atoms with Gasteiger partial charge in [-0.1, -0.05) is 39.8 Å². The van der Waals surface area contributed by atoms with Crippen molar-refractivity contribution in [3.8, 4) is 0 Å². The molecule has 0 bridgehead atoms. The Morgan fingerprint density at radius 1 is 1.26 bits per heavy atom. The topological polar surface area (TPSA) is 78.9 Å². The Morgan fingerprint density at radius 3 is 1.95 bits per heavy atom. The van der Waals surface area contributed by atoms with Gasteiger partial charge in [-0.25, -0.2) is 0 Å². The fourth-order valence-corrected chi connectivity index (χ4v) is 2.02. The van der Waals surface area contributed by atoms with E-state index in [1.54, 1.807) is 6.92 Å². The van der Waals surface area contributed by atoms with Gasteiger partial charge >= 0.3 is 0 Å². The molecule has 1 unspecified atom stereocenters. The van der Waals surface area contributed by atoms with Gasteiger partial charge < -0.3 is 15.8 Å². The van der Waals surface area contributed by atoms with Crippen molar-refractivity contribution in [2.45, 2.75) is 48.0 Å². The predicted octanol–water partition coefficient (Wildman–Crippen LogP) is 2.29. The molecule has 0 rings (SSSR count). The average molecular weight is 271 g/mol. The second-order valence-corrected chi connectivity index (χ2v) is 6.17. The van der Waals surface area contributed by atoms with Gasteiger partial charge in [-0.05, 0) is 25.2 Å². The number of nitrogens with zero attached hydrogens (tertiary/aromatic N) is 2. The van der Waals surface area contributed by atoms with Gasteiger partial charge in [0.15, 0.2) is 5.84 Å². The summed E-state index contributed by atoms with van der Waals surface area (Å²) in [5.41, 5.74) is 4.78. The lowest BCUT2D eigenvalue weighted by Gasteiger charge is -2.35. The van der Waals surface area contributed by atoms with E-state index < -0.39 is 5.41 Å². The molecule has 0 fully saturated rings. The number of amides is 1. The number of carbonyl (C=O) groups excluding carboxylic acids is 1. The van der Waals surface area contributed by atoms with Crippen molar-refractivity contribution in [1.82, 2.24) is 4.90 Å². The van der Waals surface area contributed by atoms with E-state index in [1.807, 2.05) is 11.8 Å². The van der Waals surface area contributed by atoms with Crippen molar-refractivity contribution in [1.29, 1.82) is 0 Å². The molecule has 0 saturated carbocycles. The largest absolute Gasteiger partial charge is 0.409 e. The second kappa shape index (κ2) is 7.36. The first-order valence-corrected chi connectivity index (χ1v) is 6.96. The van der Waals surface area contributed by atoms with Crippen LogP contribution in [0.5, 0.6) is 0 Å². The number of hydrogen-bond acceptors (Lipinski definition) is 3. The highest BCUT2D eigenvalue weighted by Crippen LogP contribution is 2.25. The number of rotatable bonds is 7. The van der Waals surface area contributed by atoms with Crippen LogP contribution in [0.15, 0.2) is 5.16 Å². The molecule has 3 N–H and O–H groups in total. The summed E-state index contributed by atoms with van der Waals surface area (Å²) in [6.07, 6.45) is 0.508. The Hall–Kier alpha value is -1.26. The van der Waals surface area contributed by atoms with Crippen LogP contribution in [0.4, 0.5) is 0 Å². The van der Waals surface area contributed by atoms with Crippen molar-refractivity contribution in [2.24, 2.45) is 28.1 Å². The molecule has 0 aromatic heterocycles. The molecule has 5 nitrogen and oxygen atoms in total. The minimum absolute atomic E-state index is 0.0162. The van der Waals surface area contributed by atoms with Crippen LogP contribution in [0.1, 0.15) is 48.0 Å². The van der Waals surface area contributed by atoms with Gasteiger partial charge in [0.05, 0.1) is 0 Å². The summed E-state index contributed by atoms with van der Waals surface area (Å²) in [4.78, 5) is 14.6. The molecule has 0 aliphatic heterocycles. The number of carbonyl (C=O) groups is 1. The third-order valence-corrected chi connectivity index (χ3v) is 3.31. The molecule has 0 radical (unpaired) electrons. The zero-order valence-electron chi connectivity index (χ0n) is 13.1. The highest BCUT2D eigenvalue weighted by atomic mass is 16.4. The van der Waals surface area contributed by atoms with Gasteiger partial charge in [-0.3, -0.25) is 4.79 Å². The molecule has 0 saturated heterocycles. The smallest absolute Gasteiger partial charge is 0.236 e. The van der Waals surface area contributed by atoms with Gasteiger partial charge in [0.2, 0.25) is 5.91 Å². The number of oxime groups is 1. The van der Waals surface area contributed by atoms with Crippen molar-refractivity contribution in [3.05, 3.63) is 0 Å². The van der Waals surface area contributed by atoms with Crippen LogP contribution in [-0.2, 0) is 4.79 Å². The summed E-state index contributed by atoms with van der Waals surface area (Å²) in [5.74, 6) is 0.692. The quantitative estimate of drug-likeness (QED) is 0.323. The van der Waals surface area contributed by atoms with Gasteiger partial charge in [0.25, 0.3) is 0 Å². The lowest BCUT2D eigenvalue weighted by Crippen LogP contribution is -2.51. The Labute approximate surface area is 116 Å². The molecule has 0 aromatic rings. The van der Waals surface area contributed by atoms with E-state index in [9.17, 15) is 4.79 Å². The standard InChI is InChI=1S/C14H29N3O2/c1-7-14(6,12(15)16-19)13(18)17(8-10(2)3)9-11(4)5/h10-11,19H,7-9H2,1-6H3,(H2,15,16). The van der Waals surface area contributed by atoms with Crippen LogP contribution >= 0.6 is 0 Å². The Bertz CT molecular complexity index is 317. The lowest BCUT2D eigenvalue weighted by atomic mass is 9.84. The molecule has 0 aromatic carbocycles. The summed E-state index contributed by atoms with van der Waals surface area (Å²) >= 11 is 0. The zero-order valence-corrected chi connectivity index (χ0v) is 13.1. The molecule has 0 spiro atoms. The van der Waals surface area contributed by atoms with E-state index in [4.69, 9.17) is 10.9 Å². The fourth-order valence-electron chi connectivity index (χ4n) is 2.02. The maximum Gasteiger partial charge on any atom is 0.236 e. The number of nitrogens with two attached hydrogens (primary N) is 1. The predicted molar refractivity (Wildman–Crippen MR) is 78.1 cm³/mol. The zero-order chi connectivity index (χ0) is 15.2. The summed E-state index contributed by atoms with van der Waals surface area (Å²) in [6, 6.07) is 0. The van der Waals surface area contributed by atoms with Crippen molar-refractivity contribution in [3.63, 3.8) is 0 Å². The van der Waals surface area contributed by atoms with Crippen LogP contribution in [0.3, 0.4) is 0 Å². The highest BCUT2D eigenvalue weighted by Gasteiger charge is 2.39. The monoisotopic (exact) mass is 271 g/mol. The third-order valence-electron chi connectivity index (χ3n) is 3.31. The molecule has 0 heterocycles. The first-order valence-electron chi connectivity index (χ1n) is 6.96. The second-order valence-electron chi connectivity index (χ2n) is 6.17.